The first-order valence-electron chi connectivity index (χ1n) is 5.20. The Bertz CT molecular complexity index is 562. The van der Waals surface area contributed by atoms with Gasteiger partial charge < -0.3 is 4.55 Å². The van der Waals surface area contributed by atoms with Gasteiger partial charge in [-0.25, -0.2) is 4.39 Å². The molecule has 7 heteroatoms. The Hall–Kier alpha value is 0.560. The largest absolute Gasteiger partial charge is 0.324 e. The monoisotopic (exact) mass is 463 g/mol. The van der Waals surface area contributed by atoms with Crippen molar-refractivity contribution in [3.8, 4) is 0 Å². The number of nitrogens with zero attached hydrogens (tertiary/aromatic N) is 1. The van der Waals surface area contributed by atoms with E-state index in [1.54, 1.807) is 10.0 Å². The van der Waals surface area contributed by atoms with Gasteiger partial charge in [0, 0.05) is 52.2 Å². The minimum atomic E-state index is -0.278. The lowest BCUT2D eigenvalue weighted by atomic mass is 10.2. The Labute approximate surface area is 135 Å². The summed E-state index contributed by atoms with van der Waals surface area (Å²) in [7, 11) is 1.33. The number of benzene rings is 1. The van der Waals surface area contributed by atoms with Gasteiger partial charge >= 0.3 is 0 Å². The lowest BCUT2D eigenvalue weighted by Gasteiger charge is -2.05. The number of aryl methyl sites for hydroxylation is 1. The van der Waals surface area contributed by atoms with E-state index in [2.05, 4.69) is 37.1 Å². The first kappa shape index (κ1) is 16.6. The van der Waals surface area contributed by atoms with Crippen LogP contribution in [-0.4, -0.2) is 8.53 Å². The maximum absolute atomic E-state index is 13.9. The standard InChI is InChI=1S/C9H6BrFINOS2.C2H6/c1-4-2-6(11)9-5(8(4)10)3-7(15-14)13(9)16-12;1-2/h2-3,14H,1H3;1-2H3. The second-order valence-corrected chi connectivity index (χ2v) is 6.27. The van der Waals surface area contributed by atoms with Crippen molar-refractivity contribution in [3.05, 3.63) is 28.0 Å². The SMILES string of the molecule is CC.Cc1cc(F)c2c(cc(SO)n2SI)c1Br. The lowest BCUT2D eigenvalue weighted by molar-refractivity contribution is 0.633. The summed E-state index contributed by atoms with van der Waals surface area (Å²) < 4.78 is 25.5. The number of halogens is 3. The summed E-state index contributed by atoms with van der Waals surface area (Å²) in [5.74, 6) is -0.278. The van der Waals surface area contributed by atoms with E-state index in [9.17, 15) is 4.39 Å². The van der Waals surface area contributed by atoms with Gasteiger partial charge in [0.1, 0.15) is 10.8 Å². The van der Waals surface area contributed by atoms with Crippen LogP contribution in [0.15, 0.2) is 21.6 Å². The van der Waals surface area contributed by atoms with Gasteiger partial charge in [0.05, 0.1) is 5.52 Å². The van der Waals surface area contributed by atoms with Crippen LogP contribution < -0.4 is 0 Å². The van der Waals surface area contributed by atoms with Crippen molar-refractivity contribution in [2.24, 2.45) is 0 Å². The van der Waals surface area contributed by atoms with Crippen LogP contribution in [-0.2, 0) is 0 Å². The normalized spacial score (nSPS) is 10.4. The Morgan fingerprint density at radius 3 is 2.50 bits per heavy atom. The molecule has 0 spiro atoms. The molecule has 0 aliphatic heterocycles. The predicted molar refractivity (Wildman–Crippen MR) is 91.2 cm³/mol. The van der Waals surface area contributed by atoms with Gasteiger partial charge in [0.15, 0.2) is 0 Å². The Balaban J connectivity index is 0.000000771. The molecule has 0 radical (unpaired) electrons. The minimum Gasteiger partial charge on any atom is -0.324 e. The molecule has 2 rings (SSSR count). The van der Waals surface area contributed by atoms with Crippen LogP contribution in [0.25, 0.3) is 10.9 Å². The average Bonchev–Trinajstić information content (AvgIpc) is 2.77. The molecule has 0 aliphatic carbocycles. The fourth-order valence-electron chi connectivity index (χ4n) is 1.53. The highest BCUT2D eigenvalue weighted by molar-refractivity contribution is 14.2. The smallest absolute Gasteiger partial charge is 0.148 e. The Kier molecular flexibility index (Phi) is 6.80. The summed E-state index contributed by atoms with van der Waals surface area (Å²) in [6.45, 7) is 5.84. The molecule has 0 saturated carbocycles. The fraction of sp³-hybridized carbons (Fsp3) is 0.273. The first-order chi connectivity index (χ1) is 8.60. The second-order valence-electron chi connectivity index (χ2n) is 3.19. The second kappa shape index (κ2) is 7.37. The maximum atomic E-state index is 13.9. The van der Waals surface area contributed by atoms with Crippen LogP contribution in [0, 0.1) is 12.7 Å². The van der Waals surface area contributed by atoms with E-state index < -0.39 is 0 Å². The van der Waals surface area contributed by atoms with E-state index >= 15 is 0 Å². The summed E-state index contributed by atoms with van der Waals surface area (Å²) in [5.41, 5.74) is 1.34. The highest BCUT2D eigenvalue weighted by atomic mass is 127. The molecule has 18 heavy (non-hydrogen) atoms. The predicted octanol–water partition coefficient (Wildman–Crippen LogP) is 6.29. The maximum Gasteiger partial charge on any atom is 0.148 e. The molecule has 0 saturated heterocycles. The van der Waals surface area contributed by atoms with E-state index in [1.165, 1.54) is 15.2 Å². The van der Waals surface area contributed by atoms with Crippen LogP contribution in [0.2, 0.25) is 0 Å². The van der Waals surface area contributed by atoms with Gasteiger partial charge in [-0.2, -0.15) is 0 Å². The topological polar surface area (TPSA) is 25.2 Å². The molecule has 1 heterocycles. The number of hydrogen-bond donors (Lipinski definition) is 1. The van der Waals surface area contributed by atoms with E-state index in [0.29, 0.717) is 22.6 Å². The summed E-state index contributed by atoms with van der Waals surface area (Å²) in [5, 5.41) is 1.39. The van der Waals surface area contributed by atoms with E-state index in [1.807, 2.05) is 20.8 Å². The van der Waals surface area contributed by atoms with Crippen molar-refractivity contribution in [3.63, 3.8) is 0 Å². The molecule has 0 fully saturated rings. The van der Waals surface area contributed by atoms with Crippen LogP contribution in [0.3, 0.4) is 0 Å². The van der Waals surface area contributed by atoms with Gasteiger partial charge in [-0.3, -0.25) is 3.97 Å². The minimum absolute atomic E-state index is 0.278. The summed E-state index contributed by atoms with van der Waals surface area (Å²) >= 11 is 6.11. The van der Waals surface area contributed by atoms with Crippen LogP contribution >= 0.6 is 58.3 Å². The lowest BCUT2D eigenvalue weighted by Crippen LogP contribution is -1.89. The molecule has 100 valence electrons. The van der Waals surface area contributed by atoms with Gasteiger partial charge in [-0.1, -0.05) is 13.8 Å². The van der Waals surface area contributed by atoms with Gasteiger partial charge in [-0.05, 0) is 40.5 Å². The molecular formula is C11H12BrFINOS2. The third-order valence-electron chi connectivity index (χ3n) is 2.24. The van der Waals surface area contributed by atoms with E-state index in [-0.39, 0.29) is 5.82 Å². The number of aromatic nitrogens is 1. The molecule has 0 amide bonds. The molecule has 0 atom stereocenters. The zero-order chi connectivity index (χ0) is 13.9. The molecule has 0 unspecified atom stereocenters. The molecule has 2 aromatic rings. The van der Waals surface area contributed by atoms with Gasteiger partial charge in [-0.15, -0.1) is 0 Å². The first-order valence-corrected chi connectivity index (χ1v) is 10.1. The number of hydrogen-bond acceptors (Lipinski definition) is 3. The molecule has 1 N–H and O–H groups in total. The van der Waals surface area contributed by atoms with Crippen molar-refractivity contribution >= 4 is 69.2 Å². The van der Waals surface area contributed by atoms with Crippen LogP contribution in [0.1, 0.15) is 19.4 Å². The Morgan fingerprint density at radius 1 is 1.39 bits per heavy atom. The average molecular weight is 464 g/mol. The Morgan fingerprint density at radius 2 is 2.00 bits per heavy atom. The molecular weight excluding hydrogens is 452 g/mol. The summed E-state index contributed by atoms with van der Waals surface area (Å²) in [6.07, 6.45) is 0. The van der Waals surface area contributed by atoms with Crippen molar-refractivity contribution in [2.75, 3.05) is 0 Å². The van der Waals surface area contributed by atoms with E-state index in [4.69, 9.17) is 4.55 Å². The van der Waals surface area contributed by atoms with Gasteiger partial charge in [0.25, 0.3) is 0 Å². The zero-order valence-corrected chi connectivity index (χ0v) is 15.4. The summed E-state index contributed by atoms with van der Waals surface area (Å²) in [4.78, 5) is 0. The van der Waals surface area contributed by atoms with Crippen LogP contribution in [0.4, 0.5) is 4.39 Å². The number of rotatable bonds is 2. The van der Waals surface area contributed by atoms with Gasteiger partial charge in [0.2, 0.25) is 0 Å². The highest BCUT2D eigenvalue weighted by Gasteiger charge is 2.16. The highest BCUT2D eigenvalue weighted by Crippen LogP contribution is 2.38. The molecule has 1 aromatic heterocycles. The molecule has 2 nitrogen and oxygen atoms in total. The molecule has 0 bridgehead atoms. The van der Waals surface area contributed by atoms with Crippen molar-refractivity contribution in [2.45, 2.75) is 25.8 Å². The van der Waals surface area contributed by atoms with Crippen molar-refractivity contribution in [1.82, 2.24) is 3.97 Å². The van der Waals surface area contributed by atoms with E-state index in [0.717, 1.165) is 15.4 Å². The molecule has 1 aromatic carbocycles. The molecule has 0 aliphatic rings. The van der Waals surface area contributed by atoms with Crippen molar-refractivity contribution < 1.29 is 8.94 Å². The zero-order valence-electron chi connectivity index (χ0n) is 10.00. The quantitative estimate of drug-likeness (QED) is 0.418. The third kappa shape index (κ3) is 3.00. The number of fused-ring (bicyclic) bond motifs is 1. The third-order valence-corrected chi connectivity index (χ3v) is 5.60. The van der Waals surface area contributed by atoms with Crippen molar-refractivity contribution in [1.29, 1.82) is 0 Å². The van der Waals surface area contributed by atoms with Crippen LogP contribution in [0.5, 0.6) is 0 Å². The summed E-state index contributed by atoms with van der Waals surface area (Å²) in [6, 6.07) is 3.26. The fourth-order valence-corrected chi connectivity index (χ4v) is 4.50.